The highest BCUT2D eigenvalue weighted by molar-refractivity contribution is 6.35. The third-order valence-electron chi connectivity index (χ3n) is 3.22. The van der Waals surface area contributed by atoms with Gasteiger partial charge in [-0.15, -0.1) is 5.10 Å². The lowest BCUT2D eigenvalue weighted by molar-refractivity contribution is 0.805. The summed E-state index contributed by atoms with van der Waals surface area (Å²) in [5.41, 5.74) is 2.58. The Balaban J connectivity index is 2.03. The van der Waals surface area contributed by atoms with Crippen molar-refractivity contribution >= 4 is 33.5 Å². The Labute approximate surface area is 119 Å². The molecular formula is C15H9ClN4. The maximum absolute atomic E-state index is 6.33. The SMILES string of the molecule is Clc1cc(-n2nnc3ccccc32)nc2ccccc12. The van der Waals surface area contributed by atoms with Crippen molar-refractivity contribution in [3.05, 3.63) is 59.6 Å². The summed E-state index contributed by atoms with van der Waals surface area (Å²) in [6.07, 6.45) is 0. The Morgan fingerprint density at radius 3 is 2.55 bits per heavy atom. The number of hydrogen-bond acceptors (Lipinski definition) is 3. The number of aromatic nitrogens is 4. The van der Waals surface area contributed by atoms with Gasteiger partial charge >= 0.3 is 0 Å². The number of halogens is 1. The normalized spacial score (nSPS) is 11.2. The molecule has 0 aliphatic carbocycles. The Kier molecular flexibility index (Phi) is 2.44. The predicted molar refractivity (Wildman–Crippen MR) is 79.2 cm³/mol. The molecular weight excluding hydrogens is 272 g/mol. The van der Waals surface area contributed by atoms with Crippen LogP contribution in [0.15, 0.2) is 54.6 Å². The molecule has 4 nitrogen and oxygen atoms in total. The molecule has 0 unspecified atom stereocenters. The molecule has 20 heavy (non-hydrogen) atoms. The van der Waals surface area contributed by atoms with E-state index in [4.69, 9.17) is 11.6 Å². The summed E-state index contributed by atoms with van der Waals surface area (Å²) in [6, 6.07) is 17.3. The number of pyridine rings is 1. The van der Waals surface area contributed by atoms with Gasteiger partial charge in [-0.1, -0.05) is 47.1 Å². The molecule has 0 fully saturated rings. The minimum absolute atomic E-state index is 0.658. The largest absolute Gasteiger partial charge is 0.228 e. The van der Waals surface area contributed by atoms with Gasteiger partial charge in [-0.2, -0.15) is 4.68 Å². The average Bonchev–Trinajstić information content (AvgIpc) is 2.91. The van der Waals surface area contributed by atoms with Crippen LogP contribution in [0.4, 0.5) is 0 Å². The fraction of sp³-hybridized carbons (Fsp3) is 0. The van der Waals surface area contributed by atoms with Crippen molar-refractivity contribution in [1.29, 1.82) is 0 Å². The number of nitrogens with zero attached hydrogens (tertiary/aromatic N) is 4. The van der Waals surface area contributed by atoms with E-state index in [1.54, 1.807) is 4.68 Å². The number of hydrogen-bond donors (Lipinski definition) is 0. The fourth-order valence-electron chi connectivity index (χ4n) is 2.27. The summed E-state index contributed by atoms with van der Waals surface area (Å²) >= 11 is 6.33. The number of fused-ring (bicyclic) bond motifs is 2. The molecule has 96 valence electrons. The highest BCUT2D eigenvalue weighted by Gasteiger charge is 2.09. The summed E-state index contributed by atoms with van der Waals surface area (Å²) in [7, 11) is 0. The van der Waals surface area contributed by atoms with Crippen molar-refractivity contribution in [2.75, 3.05) is 0 Å². The summed E-state index contributed by atoms with van der Waals surface area (Å²) in [4.78, 5) is 4.60. The van der Waals surface area contributed by atoms with E-state index < -0.39 is 0 Å². The van der Waals surface area contributed by atoms with Gasteiger partial charge in [0, 0.05) is 11.5 Å². The zero-order valence-electron chi connectivity index (χ0n) is 10.4. The third kappa shape index (κ3) is 1.66. The van der Waals surface area contributed by atoms with Gasteiger partial charge in [-0.05, 0) is 18.2 Å². The van der Waals surface area contributed by atoms with E-state index in [9.17, 15) is 0 Å². The van der Waals surface area contributed by atoms with Crippen molar-refractivity contribution in [3.8, 4) is 5.82 Å². The van der Waals surface area contributed by atoms with E-state index in [-0.39, 0.29) is 0 Å². The summed E-state index contributed by atoms with van der Waals surface area (Å²) in [5, 5.41) is 9.88. The topological polar surface area (TPSA) is 43.6 Å². The van der Waals surface area contributed by atoms with E-state index in [0.717, 1.165) is 21.9 Å². The lowest BCUT2D eigenvalue weighted by atomic mass is 10.2. The van der Waals surface area contributed by atoms with Gasteiger partial charge in [0.15, 0.2) is 5.82 Å². The van der Waals surface area contributed by atoms with Crippen LogP contribution in [0, 0.1) is 0 Å². The van der Waals surface area contributed by atoms with Crippen LogP contribution in [0.1, 0.15) is 0 Å². The third-order valence-corrected chi connectivity index (χ3v) is 3.53. The lowest BCUT2D eigenvalue weighted by Gasteiger charge is -2.05. The Hall–Kier alpha value is -2.46. The molecule has 0 bridgehead atoms. The summed E-state index contributed by atoms with van der Waals surface area (Å²) in [6.45, 7) is 0. The molecule has 2 heterocycles. The Morgan fingerprint density at radius 2 is 1.65 bits per heavy atom. The van der Waals surface area contributed by atoms with Crippen molar-refractivity contribution in [2.24, 2.45) is 0 Å². The first-order chi connectivity index (χ1) is 9.83. The van der Waals surface area contributed by atoms with Crippen molar-refractivity contribution in [1.82, 2.24) is 20.0 Å². The molecule has 5 heteroatoms. The minimum Gasteiger partial charge on any atom is -0.228 e. The predicted octanol–water partition coefficient (Wildman–Crippen LogP) is 3.62. The van der Waals surface area contributed by atoms with E-state index in [1.165, 1.54) is 0 Å². The van der Waals surface area contributed by atoms with E-state index in [2.05, 4.69) is 15.3 Å². The van der Waals surface area contributed by atoms with Gasteiger partial charge < -0.3 is 0 Å². The van der Waals surface area contributed by atoms with Gasteiger partial charge in [-0.3, -0.25) is 0 Å². The maximum atomic E-state index is 6.33. The number of benzene rings is 2. The second-order valence-corrected chi connectivity index (χ2v) is 4.88. The second-order valence-electron chi connectivity index (χ2n) is 4.47. The quantitative estimate of drug-likeness (QED) is 0.535. The average molecular weight is 281 g/mol. The lowest BCUT2D eigenvalue weighted by Crippen LogP contribution is -2.00. The van der Waals surface area contributed by atoms with Crippen LogP contribution in [-0.4, -0.2) is 20.0 Å². The van der Waals surface area contributed by atoms with Crippen LogP contribution < -0.4 is 0 Å². The van der Waals surface area contributed by atoms with Crippen molar-refractivity contribution in [2.45, 2.75) is 0 Å². The Morgan fingerprint density at radius 1 is 0.900 bits per heavy atom. The molecule has 4 aromatic rings. The van der Waals surface area contributed by atoms with Crippen molar-refractivity contribution < 1.29 is 0 Å². The van der Waals surface area contributed by atoms with Gasteiger partial charge in [-0.25, -0.2) is 4.98 Å². The monoisotopic (exact) mass is 280 g/mol. The highest BCUT2D eigenvalue weighted by Crippen LogP contribution is 2.25. The molecule has 0 radical (unpaired) electrons. The first kappa shape index (κ1) is 11.4. The highest BCUT2D eigenvalue weighted by atomic mass is 35.5. The minimum atomic E-state index is 0.658. The van der Waals surface area contributed by atoms with Crippen LogP contribution in [0.25, 0.3) is 27.8 Å². The van der Waals surface area contributed by atoms with E-state index >= 15 is 0 Å². The molecule has 0 amide bonds. The fourth-order valence-corrected chi connectivity index (χ4v) is 2.52. The second kappa shape index (κ2) is 4.28. The molecule has 0 spiro atoms. The molecule has 0 aliphatic rings. The summed E-state index contributed by atoms with van der Waals surface area (Å²) in [5.74, 6) is 0.669. The summed E-state index contributed by atoms with van der Waals surface area (Å²) < 4.78 is 1.70. The van der Waals surface area contributed by atoms with E-state index in [1.807, 2.05) is 54.6 Å². The molecule has 2 aromatic carbocycles. The van der Waals surface area contributed by atoms with Gasteiger partial charge in [0.2, 0.25) is 0 Å². The zero-order valence-corrected chi connectivity index (χ0v) is 11.1. The van der Waals surface area contributed by atoms with Gasteiger partial charge in [0.1, 0.15) is 5.52 Å². The molecule has 0 N–H and O–H groups in total. The first-order valence-electron chi connectivity index (χ1n) is 6.19. The van der Waals surface area contributed by atoms with Crippen LogP contribution in [0.3, 0.4) is 0 Å². The van der Waals surface area contributed by atoms with E-state index in [0.29, 0.717) is 10.8 Å². The maximum Gasteiger partial charge on any atom is 0.158 e. The number of rotatable bonds is 1. The Bertz CT molecular complexity index is 929. The number of para-hydroxylation sites is 2. The smallest absolute Gasteiger partial charge is 0.158 e. The standard InChI is InChI=1S/C15H9ClN4/c16-11-9-15(17-12-6-2-1-5-10(11)12)20-14-8-4-3-7-13(14)18-19-20/h1-9H. The molecule has 0 aliphatic heterocycles. The molecule has 2 aromatic heterocycles. The molecule has 0 saturated carbocycles. The van der Waals surface area contributed by atoms with Gasteiger partial charge in [0.25, 0.3) is 0 Å². The molecule has 4 rings (SSSR count). The molecule has 0 atom stereocenters. The zero-order chi connectivity index (χ0) is 13.5. The molecule has 0 saturated heterocycles. The first-order valence-corrected chi connectivity index (χ1v) is 6.57. The van der Waals surface area contributed by atoms with Crippen LogP contribution in [-0.2, 0) is 0 Å². The van der Waals surface area contributed by atoms with Crippen LogP contribution >= 0.6 is 11.6 Å². The van der Waals surface area contributed by atoms with Crippen molar-refractivity contribution in [3.63, 3.8) is 0 Å². The van der Waals surface area contributed by atoms with Gasteiger partial charge in [0.05, 0.1) is 16.1 Å². The van der Waals surface area contributed by atoms with Crippen LogP contribution in [0.2, 0.25) is 5.02 Å². The van der Waals surface area contributed by atoms with Crippen LogP contribution in [0.5, 0.6) is 0 Å².